The first-order chi connectivity index (χ1) is 17.1. The van der Waals surface area contributed by atoms with Crippen molar-refractivity contribution in [3.8, 4) is 28.5 Å². The van der Waals surface area contributed by atoms with E-state index in [2.05, 4.69) is 24.0 Å². The highest BCUT2D eigenvalue weighted by Crippen LogP contribution is 2.46. The lowest BCUT2D eigenvalue weighted by Gasteiger charge is -2.27. The number of hydrogen-bond acceptors (Lipinski definition) is 5. The van der Waals surface area contributed by atoms with Gasteiger partial charge in [-0.2, -0.15) is 5.10 Å². The summed E-state index contributed by atoms with van der Waals surface area (Å²) in [4.78, 5) is 15.4. The third-order valence-corrected chi connectivity index (χ3v) is 6.36. The van der Waals surface area contributed by atoms with Crippen LogP contribution in [-0.2, 0) is 0 Å². The molecule has 0 aliphatic carbocycles. The predicted molar refractivity (Wildman–Crippen MR) is 136 cm³/mol. The Morgan fingerprint density at radius 1 is 1.00 bits per heavy atom. The number of para-hydroxylation sites is 1. The number of aromatic amines is 1. The Bertz CT molecular complexity index is 1160. The lowest BCUT2D eigenvalue weighted by Crippen LogP contribution is -2.30. The third-order valence-electron chi connectivity index (χ3n) is 6.36. The van der Waals surface area contributed by atoms with Crippen LogP contribution in [0.2, 0.25) is 0 Å². The third kappa shape index (κ3) is 4.99. The number of amides is 1. The number of rotatable bonds is 12. The number of carbonyl (C=O) groups is 1. The second kappa shape index (κ2) is 11.3. The zero-order chi connectivity index (χ0) is 24.8. The first-order valence-corrected chi connectivity index (χ1v) is 12.7. The average molecular weight is 478 g/mol. The summed E-state index contributed by atoms with van der Waals surface area (Å²) < 4.78 is 11.9. The summed E-state index contributed by atoms with van der Waals surface area (Å²) in [6.45, 7) is 8.01. The Morgan fingerprint density at radius 3 is 2.54 bits per heavy atom. The molecule has 0 saturated heterocycles. The fourth-order valence-electron chi connectivity index (χ4n) is 4.59. The number of benzene rings is 2. The van der Waals surface area contributed by atoms with Crippen molar-refractivity contribution in [1.29, 1.82) is 0 Å². The molecule has 0 saturated carbocycles. The molecule has 2 aromatic carbocycles. The van der Waals surface area contributed by atoms with Crippen LogP contribution in [0.1, 0.15) is 80.5 Å². The molecule has 1 amide bonds. The molecule has 1 aromatic heterocycles. The molecular formula is C28H35N3O4. The Hall–Kier alpha value is -3.48. The van der Waals surface area contributed by atoms with E-state index in [9.17, 15) is 9.90 Å². The van der Waals surface area contributed by atoms with Gasteiger partial charge >= 0.3 is 0 Å². The van der Waals surface area contributed by atoms with Gasteiger partial charge in [-0.25, -0.2) is 0 Å². The number of ether oxygens (including phenoxy) is 2. The predicted octanol–water partition coefficient (Wildman–Crippen LogP) is 6.10. The van der Waals surface area contributed by atoms with E-state index >= 15 is 0 Å². The Labute approximate surface area is 207 Å². The number of fused-ring (bicyclic) bond motifs is 1. The van der Waals surface area contributed by atoms with Crippen molar-refractivity contribution >= 4 is 5.91 Å². The smallest absolute Gasteiger partial charge is 0.273 e. The maximum absolute atomic E-state index is 13.5. The van der Waals surface area contributed by atoms with Crippen LogP contribution >= 0.6 is 0 Å². The second-order valence-electron chi connectivity index (χ2n) is 8.83. The number of hydrogen-bond donors (Lipinski definition) is 2. The molecule has 1 unspecified atom stereocenters. The number of unbranched alkanes of at least 4 members (excludes halogenated alkanes) is 3. The van der Waals surface area contributed by atoms with E-state index in [1.807, 2.05) is 42.2 Å². The van der Waals surface area contributed by atoms with Crippen LogP contribution in [0.25, 0.3) is 11.3 Å². The highest BCUT2D eigenvalue weighted by Gasteiger charge is 2.42. The number of nitrogens with zero attached hydrogens (tertiary/aromatic N) is 2. The summed E-state index contributed by atoms with van der Waals surface area (Å²) in [5.74, 6) is 1.44. The lowest BCUT2D eigenvalue weighted by atomic mass is 9.95. The van der Waals surface area contributed by atoms with Gasteiger partial charge in [0.1, 0.15) is 17.1 Å². The largest absolute Gasteiger partial charge is 0.507 e. The van der Waals surface area contributed by atoms with Gasteiger partial charge in [-0.05, 0) is 49.6 Å². The van der Waals surface area contributed by atoms with E-state index in [1.54, 1.807) is 12.1 Å². The molecule has 1 atom stereocenters. The van der Waals surface area contributed by atoms with Gasteiger partial charge in [0.2, 0.25) is 0 Å². The van der Waals surface area contributed by atoms with Gasteiger partial charge in [-0.3, -0.25) is 9.89 Å². The maximum Gasteiger partial charge on any atom is 0.273 e. The van der Waals surface area contributed by atoms with E-state index in [4.69, 9.17) is 9.47 Å². The van der Waals surface area contributed by atoms with Crippen LogP contribution < -0.4 is 9.47 Å². The van der Waals surface area contributed by atoms with Crippen molar-refractivity contribution in [3.05, 3.63) is 59.3 Å². The quantitative estimate of drug-likeness (QED) is 0.308. The lowest BCUT2D eigenvalue weighted by molar-refractivity contribution is 0.0740. The Morgan fingerprint density at radius 2 is 1.80 bits per heavy atom. The molecule has 0 spiro atoms. The number of H-pyrrole nitrogens is 1. The number of phenols is 1. The van der Waals surface area contributed by atoms with Crippen molar-refractivity contribution in [2.24, 2.45) is 0 Å². The standard InChI is InChI=1S/C28H35N3O4/c1-4-7-11-16-31-27(19-14-15-22(35-17-8-5-2)23(18-19)34-6-3)24-25(29-30-26(24)28(31)33)20-12-9-10-13-21(20)32/h9-10,12-15,18,27,32H,4-8,11,16-17H2,1-3H3,(H,29,30). The Balaban J connectivity index is 1.79. The summed E-state index contributed by atoms with van der Waals surface area (Å²) >= 11 is 0. The van der Waals surface area contributed by atoms with Crippen molar-refractivity contribution in [2.75, 3.05) is 19.8 Å². The van der Waals surface area contributed by atoms with Crippen LogP contribution in [0.3, 0.4) is 0 Å². The first-order valence-electron chi connectivity index (χ1n) is 12.7. The number of nitrogens with one attached hydrogen (secondary N) is 1. The van der Waals surface area contributed by atoms with Crippen LogP contribution in [0.15, 0.2) is 42.5 Å². The molecule has 4 rings (SSSR count). The van der Waals surface area contributed by atoms with Crippen molar-refractivity contribution in [2.45, 2.75) is 58.9 Å². The maximum atomic E-state index is 13.5. The van der Waals surface area contributed by atoms with Gasteiger partial charge in [0.25, 0.3) is 5.91 Å². The van der Waals surface area contributed by atoms with E-state index in [0.29, 0.717) is 48.2 Å². The molecule has 0 fully saturated rings. The SMILES string of the molecule is CCCCCN1C(=O)c2[nH]nc(-c3ccccc3O)c2C1c1ccc(OCCCC)c(OCC)c1. The molecular weight excluding hydrogens is 442 g/mol. The molecule has 186 valence electrons. The van der Waals surface area contributed by atoms with E-state index in [0.717, 1.165) is 43.2 Å². The van der Waals surface area contributed by atoms with Crippen LogP contribution in [0.5, 0.6) is 17.2 Å². The second-order valence-corrected chi connectivity index (χ2v) is 8.83. The zero-order valence-electron chi connectivity index (χ0n) is 20.8. The molecule has 35 heavy (non-hydrogen) atoms. The molecule has 7 heteroatoms. The zero-order valence-corrected chi connectivity index (χ0v) is 20.8. The molecule has 0 radical (unpaired) electrons. The molecule has 1 aliphatic heterocycles. The first kappa shape index (κ1) is 24.6. The van der Waals surface area contributed by atoms with Crippen LogP contribution in [0, 0.1) is 0 Å². The Kier molecular flexibility index (Phi) is 7.95. The minimum Gasteiger partial charge on any atom is -0.507 e. The van der Waals surface area contributed by atoms with E-state index in [-0.39, 0.29) is 17.7 Å². The minimum atomic E-state index is -0.341. The molecule has 2 heterocycles. The van der Waals surface area contributed by atoms with Gasteiger partial charge in [0.05, 0.1) is 19.3 Å². The fourth-order valence-corrected chi connectivity index (χ4v) is 4.59. The molecule has 7 nitrogen and oxygen atoms in total. The highest BCUT2D eigenvalue weighted by molar-refractivity contribution is 6.00. The summed E-state index contributed by atoms with van der Waals surface area (Å²) in [5, 5.41) is 18.0. The molecule has 2 N–H and O–H groups in total. The van der Waals surface area contributed by atoms with Crippen molar-refractivity contribution < 1.29 is 19.4 Å². The summed E-state index contributed by atoms with van der Waals surface area (Å²) in [6.07, 6.45) is 5.05. The van der Waals surface area contributed by atoms with E-state index in [1.165, 1.54) is 0 Å². The van der Waals surface area contributed by atoms with Gasteiger partial charge in [0, 0.05) is 17.7 Å². The van der Waals surface area contributed by atoms with Gasteiger partial charge in [0.15, 0.2) is 11.5 Å². The normalized spacial score (nSPS) is 14.9. The van der Waals surface area contributed by atoms with Crippen molar-refractivity contribution in [1.82, 2.24) is 15.1 Å². The van der Waals surface area contributed by atoms with Gasteiger partial charge in [-0.1, -0.05) is 51.3 Å². The number of carbonyl (C=O) groups excluding carboxylic acids is 1. The summed E-state index contributed by atoms with van der Waals surface area (Å²) in [6, 6.07) is 12.7. The summed E-state index contributed by atoms with van der Waals surface area (Å²) in [5.41, 5.74) is 3.39. The van der Waals surface area contributed by atoms with E-state index < -0.39 is 0 Å². The van der Waals surface area contributed by atoms with Gasteiger partial charge < -0.3 is 19.5 Å². The summed E-state index contributed by atoms with van der Waals surface area (Å²) in [7, 11) is 0. The average Bonchev–Trinajstić information content (AvgIpc) is 3.40. The molecule has 3 aromatic rings. The molecule has 1 aliphatic rings. The monoisotopic (exact) mass is 477 g/mol. The highest BCUT2D eigenvalue weighted by atomic mass is 16.5. The number of aromatic hydroxyl groups is 1. The number of aromatic nitrogens is 2. The van der Waals surface area contributed by atoms with Crippen LogP contribution in [0.4, 0.5) is 0 Å². The minimum absolute atomic E-state index is 0.0727. The topological polar surface area (TPSA) is 87.7 Å². The van der Waals surface area contributed by atoms with Crippen LogP contribution in [-0.4, -0.2) is 45.9 Å². The van der Waals surface area contributed by atoms with Gasteiger partial charge in [-0.15, -0.1) is 0 Å². The van der Waals surface area contributed by atoms with Crippen molar-refractivity contribution in [3.63, 3.8) is 0 Å². The fraction of sp³-hybridized carbons (Fsp3) is 0.429. The number of phenolic OH excluding ortho intramolecular Hbond substituents is 1. The molecule has 0 bridgehead atoms.